The summed E-state index contributed by atoms with van der Waals surface area (Å²) < 4.78 is 0. The second-order valence-corrected chi connectivity index (χ2v) is 5.92. The van der Waals surface area contributed by atoms with Gasteiger partial charge in [-0.2, -0.15) is 0 Å². The summed E-state index contributed by atoms with van der Waals surface area (Å²) in [5.74, 6) is 0. The zero-order valence-corrected chi connectivity index (χ0v) is 12.9. The van der Waals surface area contributed by atoms with E-state index in [1.165, 1.54) is 32.2 Å². The highest BCUT2D eigenvalue weighted by atomic mass is 16.3. The van der Waals surface area contributed by atoms with E-state index in [1.54, 1.807) is 0 Å². The molecule has 110 valence electrons. The van der Waals surface area contributed by atoms with Crippen LogP contribution in [0.2, 0.25) is 0 Å². The van der Waals surface area contributed by atoms with Crippen LogP contribution in [0.3, 0.4) is 0 Å². The third-order valence-electron chi connectivity index (χ3n) is 3.82. The van der Waals surface area contributed by atoms with Crippen LogP contribution in [0.15, 0.2) is 0 Å². The van der Waals surface area contributed by atoms with Crippen LogP contribution in [-0.4, -0.2) is 41.3 Å². The minimum absolute atomic E-state index is 0.0813. The molecule has 0 amide bonds. The normalized spacial score (nSPS) is 16.8. The van der Waals surface area contributed by atoms with E-state index in [-0.39, 0.29) is 6.61 Å². The van der Waals surface area contributed by atoms with Crippen molar-refractivity contribution in [2.75, 3.05) is 19.7 Å². The molecule has 3 N–H and O–H groups in total. The number of nitrogens with two attached hydrogens (primary N) is 1. The van der Waals surface area contributed by atoms with Crippen molar-refractivity contribution in [2.45, 2.75) is 77.8 Å². The highest BCUT2D eigenvalue weighted by Crippen LogP contribution is 2.12. The lowest BCUT2D eigenvalue weighted by molar-refractivity contribution is 0.180. The van der Waals surface area contributed by atoms with E-state index < -0.39 is 5.54 Å². The van der Waals surface area contributed by atoms with Crippen molar-refractivity contribution >= 4 is 0 Å². The number of hydrogen-bond acceptors (Lipinski definition) is 3. The largest absolute Gasteiger partial charge is 0.394 e. The molecule has 0 bridgehead atoms. The van der Waals surface area contributed by atoms with Gasteiger partial charge in [0.05, 0.1) is 6.61 Å². The van der Waals surface area contributed by atoms with Gasteiger partial charge in [-0.05, 0) is 52.6 Å². The van der Waals surface area contributed by atoms with Gasteiger partial charge in [-0.1, -0.05) is 26.7 Å². The van der Waals surface area contributed by atoms with Crippen molar-refractivity contribution in [1.82, 2.24) is 4.90 Å². The Labute approximate surface area is 114 Å². The number of hydrogen-bond donors (Lipinski definition) is 2. The summed E-state index contributed by atoms with van der Waals surface area (Å²) in [5.41, 5.74) is 5.54. The molecule has 0 heterocycles. The van der Waals surface area contributed by atoms with Crippen molar-refractivity contribution in [1.29, 1.82) is 0 Å². The average molecular weight is 258 g/mol. The van der Waals surface area contributed by atoms with Crippen LogP contribution in [0.5, 0.6) is 0 Å². The first-order valence-corrected chi connectivity index (χ1v) is 7.60. The lowest BCUT2D eigenvalue weighted by Crippen LogP contribution is -2.40. The van der Waals surface area contributed by atoms with Gasteiger partial charge in [-0.25, -0.2) is 0 Å². The molecule has 0 saturated heterocycles. The molecule has 0 rings (SSSR count). The van der Waals surface area contributed by atoms with Gasteiger partial charge in [0.25, 0.3) is 0 Å². The zero-order chi connectivity index (χ0) is 14.0. The Bertz CT molecular complexity index is 195. The third-order valence-corrected chi connectivity index (χ3v) is 3.82. The van der Waals surface area contributed by atoms with Crippen LogP contribution >= 0.6 is 0 Å². The van der Waals surface area contributed by atoms with Crippen LogP contribution < -0.4 is 5.73 Å². The summed E-state index contributed by atoms with van der Waals surface area (Å²) in [6.45, 7) is 11.2. The number of aliphatic hydroxyl groups excluding tert-OH is 1. The van der Waals surface area contributed by atoms with E-state index in [0.29, 0.717) is 6.04 Å². The van der Waals surface area contributed by atoms with Gasteiger partial charge in [0.15, 0.2) is 0 Å². The number of nitrogens with zero attached hydrogens (tertiary/aromatic N) is 1. The second kappa shape index (κ2) is 9.76. The fourth-order valence-corrected chi connectivity index (χ4v) is 2.09. The zero-order valence-electron chi connectivity index (χ0n) is 12.9. The van der Waals surface area contributed by atoms with Crippen molar-refractivity contribution in [3.63, 3.8) is 0 Å². The molecule has 0 aromatic heterocycles. The minimum Gasteiger partial charge on any atom is -0.394 e. The maximum Gasteiger partial charge on any atom is 0.0608 e. The summed E-state index contributed by atoms with van der Waals surface area (Å²) in [6, 6.07) is 0.679. The molecule has 0 aromatic carbocycles. The van der Waals surface area contributed by atoms with Crippen molar-refractivity contribution in [3.8, 4) is 0 Å². The maximum atomic E-state index is 9.11. The molecule has 0 spiro atoms. The molecule has 18 heavy (non-hydrogen) atoms. The van der Waals surface area contributed by atoms with Crippen LogP contribution in [-0.2, 0) is 0 Å². The highest BCUT2D eigenvalue weighted by Gasteiger charge is 2.17. The summed E-state index contributed by atoms with van der Waals surface area (Å²) in [5, 5.41) is 9.11. The summed E-state index contributed by atoms with van der Waals surface area (Å²) in [7, 11) is 0. The number of unbranched alkanes of at least 4 members (excludes halogenated alkanes) is 2. The molecule has 0 saturated carbocycles. The topological polar surface area (TPSA) is 49.5 Å². The summed E-state index contributed by atoms with van der Waals surface area (Å²) in [4.78, 5) is 2.59. The molecule has 0 aliphatic heterocycles. The molecule has 0 fully saturated rings. The summed E-state index contributed by atoms with van der Waals surface area (Å²) >= 11 is 0. The highest BCUT2D eigenvalue weighted by molar-refractivity contribution is 4.77. The van der Waals surface area contributed by atoms with Gasteiger partial charge < -0.3 is 15.7 Å². The van der Waals surface area contributed by atoms with Crippen molar-refractivity contribution in [3.05, 3.63) is 0 Å². The predicted molar refractivity (Wildman–Crippen MR) is 79.8 cm³/mol. The fourth-order valence-electron chi connectivity index (χ4n) is 2.09. The second-order valence-electron chi connectivity index (χ2n) is 5.92. The van der Waals surface area contributed by atoms with Crippen molar-refractivity contribution < 1.29 is 5.11 Å². The Kier molecular flexibility index (Phi) is 9.70. The minimum atomic E-state index is -0.398. The van der Waals surface area contributed by atoms with Gasteiger partial charge in [0.2, 0.25) is 0 Å². The van der Waals surface area contributed by atoms with Gasteiger partial charge in [-0.15, -0.1) is 0 Å². The molecule has 2 unspecified atom stereocenters. The van der Waals surface area contributed by atoms with Gasteiger partial charge in [0, 0.05) is 11.6 Å². The molecule has 2 atom stereocenters. The molecule has 3 nitrogen and oxygen atoms in total. The summed E-state index contributed by atoms with van der Waals surface area (Å²) in [6.07, 6.45) is 6.96. The van der Waals surface area contributed by atoms with Crippen molar-refractivity contribution in [2.24, 2.45) is 5.73 Å². The molecule has 0 radical (unpaired) electrons. The van der Waals surface area contributed by atoms with Gasteiger partial charge in [-0.3, -0.25) is 0 Å². The van der Waals surface area contributed by atoms with Crippen LogP contribution in [0.1, 0.15) is 66.2 Å². The van der Waals surface area contributed by atoms with E-state index in [1.807, 2.05) is 6.92 Å². The first-order chi connectivity index (χ1) is 8.46. The molecule has 0 aliphatic rings. The first-order valence-electron chi connectivity index (χ1n) is 7.60. The van der Waals surface area contributed by atoms with Crippen LogP contribution in [0.25, 0.3) is 0 Å². The fraction of sp³-hybridized carbons (Fsp3) is 1.00. The molecular weight excluding hydrogens is 224 g/mol. The SMILES string of the molecule is CCCCN(CCCCC(C)(N)CO)C(C)CC. The lowest BCUT2D eigenvalue weighted by Gasteiger charge is -2.29. The van der Waals surface area contributed by atoms with E-state index >= 15 is 0 Å². The Balaban J connectivity index is 3.89. The smallest absolute Gasteiger partial charge is 0.0608 e. The monoisotopic (exact) mass is 258 g/mol. The Morgan fingerprint density at radius 1 is 1.17 bits per heavy atom. The average Bonchev–Trinajstić information content (AvgIpc) is 2.37. The maximum absolute atomic E-state index is 9.11. The molecular formula is C15H34N2O. The standard InChI is InChI=1S/C15H34N2O/c1-5-7-11-17(14(3)6-2)12-9-8-10-15(4,16)13-18/h14,18H,5-13,16H2,1-4H3. The van der Waals surface area contributed by atoms with Crippen LogP contribution in [0, 0.1) is 0 Å². The van der Waals surface area contributed by atoms with E-state index in [2.05, 4.69) is 25.7 Å². The molecule has 0 aliphatic carbocycles. The van der Waals surface area contributed by atoms with E-state index in [9.17, 15) is 0 Å². The Hall–Kier alpha value is -0.120. The number of rotatable bonds is 11. The Morgan fingerprint density at radius 2 is 1.78 bits per heavy atom. The molecule has 0 aromatic rings. The molecule has 3 heteroatoms. The first kappa shape index (κ1) is 17.9. The van der Waals surface area contributed by atoms with E-state index in [4.69, 9.17) is 10.8 Å². The predicted octanol–water partition coefficient (Wildman–Crippen LogP) is 2.77. The third kappa shape index (κ3) is 8.06. The van der Waals surface area contributed by atoms with E-state index in [0.717, 1.165) is 19.4 Å². The number of aliphatic hydroxyl groups is 1. The van der Waals surface area contributed by atoms with Gasteiger partial charge >= 0.3 is 0 Å². The quantitative estimate of drug-likeness (QED) is 0.560. The van der Waals surface area contributed by atoms with Crippen LogP contribution in [0.4, 0.5) is 0 Å². The Morgan fingerprint density at radius 3 is 2.28 bits per heavy atom. The lowest BCUT2D eigenvalue weighted by atomic mass is 9.97. The van der Waals surface area contributed by atoms with Gasteiger partial charge in [0.1, 0.15) is 0 Å².